The van der Waals surface area contributed by atoms with E-state index >= 15 is 0 Å². The molecule has 0 spiro atoms. The van der Waals surface area contributed by atoms with E-state index < -0.39 is 14.4 Å². The van der Waals surface area contributed by atoms with Crippen LogP contribution < -0.4 is 10.4 Å². The van der Waals surface area contributed by atoms with Crippen LogP contribution in [-0.2, 0) is 4.43 Å². The molecule has 0 fully saturated rings. The number of hydrogen-bond donors (Lipinski definition) is 1. The SMILES string of the molecule is CC(O)C#C[Si](OC(C)(C)C)(c1ccccc1)c1ccccc1. The summed E-state index contributed by atoms with van der Waals surface area (Å²) in [4.78, 5) is 0. The third-order valence-electron chi connectivity index (χ3n) is 3.28. The fourth-order valence-corrected chi connectivity index (χ4v) is 6.03. The fourth-order valence-electron chi connectivity index (χ4n) is 2.47. The van der Waals surface area contributed by atoms with Crippen molar-refractivity contribution in [3.63, 3.8) is 0 Å². The number of benzene rings is 2. The molecule has 3 heteroatoms. The monoisotopic (exact) mass is 324 g/mol. The molecule has 2 aromatic carbocycles. The van der Waals surface area contributed by atoms with Crippen molar-refractivity contribution in [2.24, 2.45) is 0 Å². The normalized spacial score (nSPS) is 13.1. The molecule has 0 amide bonds. The van der Waals surface area contributed by atoms with E-state index in [0.717, 1.165) is 10.4 Å². The van der Waals surface area contributed by atoms with Crippen LogP contribution in [0.2, 0.25) is 0 Å². The molecule has 0 aliphatic rings. The third kappa shape index (κ3) is 4.55. The number of aliphatic hydroxyl groups excluding tert-OH is 1. The first-order valence-corrected chi connectivity index (χ1v) is 9.76. The predicted octanol–water partition coefficient (Wildman–Crippen LogP) is 2.48. The van der Waals surface area contributed by atoms with Crippen molar-refractivity contribution < 1.29 is 9.53 Å². The zero-order valence-corrected chi connectivity index (χ0v) is 15.2. The second-order valence-corrected chi connectivity index (χ2v) is 9.54. The Bertz CT molecular complexity index is 637. The Hall–Kier alpha value is -1.86. The molecule has 23 heavy (non-hydrogen) atoms. The lowest BCUT2D eigenvalue weighted by Gasteiger charge is -2.34. The van der Waals surface area contributed by atoms with Gasteiger partial charge in [-0.2, -0.15) is 0 Å². The van der Waals surface area contributed by atoms with Gasteiger partial charge in [-0.1, -0.05) is 72.1 Å². The molecule has 120 valence electrons. The van der Waals surface area contributed by atoms with Crippen LogP contribution in [0.1, 0.15) is 27.7 Å². The summed E-state index contributed by atoms with van der Waals surface area (Å²) in [6.07, 6.45) is -0.683. The summed E-state index contributed by atoms with van der Waals surface area (Å²) in [5.41, 5.74) is 3.00. The Morgan fingerprint density at radius 3 is 1.70 bits per heavy atom. The van der Waals surface area contributed by atoms with Crippen molar-refractivity contribution in [2.45, 2.75) is 39.4 Å². The molecule has 0 bridgehead atoms. The van der Waals surface area contributed by atoms with Gasteiger partial charge in [0, 0.05) is 5.60 Å². The Morgan fingerprint density at radius 1 is 0.913 bits per heavy atom. The van der Waals surface area contributed by atoms with Crippen molar-refractivity contribution in [3.05, 3.63) is 60.7 Å². The molecule has 0 saturated carbocycles. The topological polar surface area (TPSA) is 29.5 Å². The van der Waals surface area contributed by atoms with E-state index in [1.165, 1.54) is 0 Å². The Balaban J connectivity index is 2.71. The fraction of sp³-hybridized carbons (Fsp3) is 0.300. The lowest BCUT2D eigenvalue weighted by molar-refractivity contribution is 0.130. The lowest BCUT2D eigenvalue weighted by atomic mass is 10.2. The maximum Gasteiger partial charge on any atom is 0.337 e. The van der Waals surface area contributed by atoms with Gasteiger partial charge >= 0.3 is 8.32 Å². The largest absolute Gasteiger partial charge is 0.394 e. The van der Waals surface area contributed by atoms with Crippen molar-refractivity contribution in [2.75, 3.05) is 0 Å². The molecule has 2 aromatic rings. The first-order valence-electron chi connectivity index (χ1n) is 7.85. The van der Waals surface area contributed by atoms with Crippen LogP contribution >= 0.6 is 0 Å². The smallest absolute Gasteiger partial charge is 0.337 e. The van der Waals surface area contributed by atoms with E-state index in [-0.39, 0.29) is 5.60 Å². The van der Waals surface area contributed by atoms with Crippen LogP contribution in [0.15, 0.2) is 60.7 Å². The standard InChI is InChI=1S/C20H24O2Si/c1-17(21)15-16-23(22-20(2,3)4,18-11-7-5-8-12-18)19-13-9-6-10-14-19/h5-14,17,21H,1-4H3. The lowest BCUT2D eigenvalue weighted by Crippen LogP contribution is -2.63. The molecule has 1 atom stereocenters. The molecule has 0 radical (unpaired) electrons. The van der Waals surface area contributed by atoms with E-state index in [1.807, 2.05) is 57.2 Å². The van der Waals surface area contributed by atoms with Gasteiger partial charge in [0.25, 0.3) is 0 Å². The van der Waals surface area contributed by atoms with Crippen molar-refractivity contribution in [1.29, 1.82) is 0 Å². The molecule has 0 aromatic heterocycles. The van der Waals surface area contributed by atoms with E-state index in [2.05, 4.69) is 35.7 Å². The van der Waals surface area contributed by atoms with Crippen LogP contribution in [0.4, 0.5) is 0 Å². The molecule has 1 unspecified atom stereocenters. The van der Waals surface area contributed by atoms with Crippen molar-refractivity contribution in [3.8, 4) is 11.5 Å². The average molecular weight is 324 g/mol. The highest BCUT2D eigenvalue weighted by Crippen LogP contribution is 2.17. The second kappa shape index (κ2) is 7.14. The summed E-state index contributed by atoms with van der Waals surface area (Å²) >= 11 is 0. The highest BCUT2D eigenvalue weighted by molar-refractivity contribution is 7.03. The van der Waals surface area contributed by atoms with E-state index in [4.69, 9.17) is 4.43 Å². The van der Waals surface area contributed by atoms with E-state index in [0.29, 0.717) is 0 Å². The molecule has 1 N–H and O–H groups in total. The van der Waals surface area contributed by atoms with Crippen LogP contribution in [0.5, 0.6) is 0 Å². The van der Waals surface area contributed by atoms with Gasteiger partial charge in [0.05, 0.1) is 0 Å². The molecule has 0 aliphatic carbocycles. The van der Waals surface area contributed by atoms with Crippen LogP contribution in [0.25, 0.3) is 0 Å². The van der Waals surface area contributed by atoms with Gasteiger partial charge < -0.3 is 9.53 Å². The zero-order valence-electron chi connectivity index (χ0n) is 14.2. The average Bonchev–Trinajstić information content (AvgIpc) is 2.52. The van der Waals surface area contributed by atoms with E-state index in [9.17, 15) is 5.11 Å². The molecule has 2 nitrogen and oxygen atoms in total. The second-order valence-electron chi connectivity index (χ2n) is 6.57. The number of hydrogen-bond acceptors (Lipinski definition) is 2. The Labute approximate surface area is 140 Å². The maximum atomic E-state index is 9.70. The van der Waals surface area contributed by atoms with Crippen LogP contribution in [0, 0.1) is 11.5 Å². The van der Waals surface area contributed by atoms with Gasteiger partial charge in [0.1, 0.15) is 6.10 Å². The first kappa shape index (κ1) is 17.5. The summed E-state index contributed by atoms with van der Waals surface area (Å²) in [6, 6.07) is 20.3. The van der Waals surface area contributed by atoms with Gasteiger partial charge in [0.15, 0.2) is 0 Å². The van der Waals surface area contributed by atoms with Gasteiger partial charge in [-0.25, -0.2) is 0 Å². The van der Waals surface area contributed by atoms with Gasteiger partial charge in [-0.3, -0.25) is 0 Å². The highest BCUT2D eigenvalue weighted by atomic mass is 28.4. The summed E-state index contributed by atoms with van der Waals surface area (Å²) in [7, 11) is -2.77. The van der Waals surface area contributed by atoms with Crippen LogP contribution in [-0.4, -0.2) is 25.1 Å². The summed E-state index contributed by atoms with van der Waals surface area (Å²) < 4.78 is 6.60. The molecular formula is C20H24O2Si. The summed E-state index contributed by atoms with van der Waals surface area (Å²) in [5.74, 6) is 2.95. The number of rotatable bonds is 3. The zero-order chi connectivity index (χ0) is 16.9. The maximum absolute atomic E-state index is 9.70. The third-order valence-corrected chi connectivity index (χ3v) is 6.98. The van der Waals surface area contributed by atoms with Gasteiger partial charge in [-0.05, 0) is 38.1 Å². The quantitative estimate of drug-likeness (QED) is 0.694. The van der Waals surface area contributed by atoms with Gasteiger partial charge in [0.2, 0.25) is 0 Å². The van der Waals surface area contributed by atoms with Crippen molar-refractivity contribution in [1.82, 2.24) is 0 Å². The van der Waals surface area contributed by atoms with Crippen molar-refractivity contribution >= 4 is 18.7 Å². The summed E-state index contributed by atoms with van der Waals surface area (Å²) in [5, 5.41) is 11.9. The molecule has 0 saturated heterocycles. The minimum atomic E-state index is -2.77. The minimum absolute atomic E-state index is 0.342. The predicted molar refractivity (Wildman–Crippen MR) is 98.2 cm³/mol. The first-order chi connectivity index (χ1) is 10.8. The van der Waals surface area contributed by atoms with Crippen LogP contribution in [0.3, 0.4) is 0 Å². The minimum Gasteiger partial charge on any atom is -0.394 e. The summed E-state index contributed by atoms with van der Waals surface area (Å²) in [6.45, 7) is 7.82. The molecule has 0 heterocycles. The molecule has 2 rings (SSSR count). The Kier molecular flexibility index (Phi) is 5.43. The Morgan fingerprint density at radius 2 is 1.35 bits per heavy atom. The number of aliphatic hydroxyl groups is 1. The highest BCUT2D eigenvalue weighted by Gasteiger charge is 2.42. The molecular weight excluding hydrogens is 300 g/mol. The van der Waals surface area contributed by atoms with E-state index in [1.54, 1.807) is 6.92 Å². The van der Waals surface area contributed by atoms with Gasteiger partial charge in [-0.15, -0.1) is 0 Å². The molecule has 0 aliphatic heterocycles.